The van der Waals surface area contributed by atoms with E-state index in [0.29, 0.717) is 25.0 Å². The number of aromatic carboxylic acids is 1. The van der Waals surface area contributed by atoms with Crippen molar-refractivity contribution < 1.29 is 23.4 Å². The fourth-order valence-electron chi connectivity index (χ4n) is 4.18. The maximum Gasteiger partial charge on any atom is 0.341 e. The Hall–Kier alpha value is -2.68. The van der Waals surface area contributed by atoms with Gasteiger partial charge < -0.3 is 20.5 Å². The minimum Gasteiger partial charge on any atom is -0.487 e. The molecule has 3 heterocycles. The highest BCUT2D eigenvalue weighted by Gasteiger charge is 2.34. The Morgan fingerprint density at radius 1 is 1.46 bits per heavy atom. The molecule has 1 saturated heterocycles. The van der Waals surface area contributed by atoms with Gasteiger partial charge >= 0.3 is 5.97 Å². The van der Waals surface area contributed by atoms with E-state index < -0.39 is 41.7 Å². The van der Waals surface area contributed by atoms with Crippen LogP contribution in [0.3, 0.4) is 0 Å². The van der Waals surface area contributed by atoms with Crippen LogP contribution in [-0.4, -0.2) is 48.1 Å². The van der Waals surface area contributed by atoms with Crippen LogP contribution in [0.2, 0.25) is 0 Å². The average Bonchev–Trinajstić information content (AvgIpc) is 3.14. The van der Waals surface area contributed by atoms with Gasteiger partial charge in [0.1, 0.15) is 24.5 Å². The van der Waals surface area contributed by atoms with Crippen LogP contribution in [-0.2, 0) is 0 Å². The third-order valence-corrected chi connectivity index (χ3v) is 5.67. The maximum atomic E-state index is 15.1. The van der Waals surface area contributed by atoms with E-state index in [0.717, 1.165) is 0 Å². The molecule has 0 amide bonds. The van der Waals surface area contributed by atoms with E-state index in [-0.39, 0.29) is 29.3 Å². The number of rotatable bonds is 4. The second-order valence-corrected chi connectivity index (χ2v) is 7.49. The van der Waals surface area contributed by atoms with Gasteiger partial charge in [-0.05, 0) is 31.4 Å². The van der Waals surface area contributed by atoms with Crippen molar-refractivity contribution in [2.75, 3.05) is 31.3 Å². The molecule has 0 spiro atoms. The zero-order chi connectivity index (χ0) is 20.2. The number of hydrogen-bond acceptors (Lipinski definition) is 5. The molecule has 0 saturated carbocycles. The highest BCUT2D eigenvalue weighted by Crippen LogP contribution is 2.43. The van der Waals surface area contributed by atoms with E-state index in [9.17, 15) is 19.1 Å². The summed E-state index contributed by atoms with van der Waals surface area (Å²) in [4.78, 5) is 25.9. The van der Waals surface area contributed by atoms with Crippen molar-refractivity contribution in [1.29, 1.82) is 0 Å². The van der Waals surface area contributed by atoms with Gasteiger partial charge in [0.2, 0.25) is 0 Å². The number of carbonyl (C=O) groups is 1. The Balaban J connectivity index is 1.92. The Morgan fingerprint density at radius 2 is 2.21 bits per heavy atom. The van der Waals surface area contributed by atoms with Gasteiger partial charge in [-0.25, -0.2) is 13.6 Å². The van der Waals surface area contributed by atoms with Gasteiger partial charge in [0.25, 0.3) is 5.56 Å². The number of nitrogens with two attached hydrogens (primary N) is 1. The summed E-state index contributed by atoms with van der Waals surface area (Å²) in [6, 6.07) is 1.40. The van der Waals surface area contributed by atoms with Crippen molar-refractivity contribution in [3.63, 3.8) is 0 Å². The largest absolute Gasteiger partial charge is 0.487 e. The second kappa shape index (κ2) is 6.73. The molecule has 0 radical (unpaired) electrons. The summed E-state index contributed by atoms with van der Waals surface area (Å²) in [5, 5.41) is 9.62. The molecule has 3 atom stereocenters. The number of anilines is 1. The van der Waals surface area contributed by atoms with E-state index in [4.69, 9.17) is 10.5 Å². The lowest BCUT2D eigenvalue weighted by molar-refractivity contribution is 0.0694. The van der Waals surface area contributed by atoms with E-state index >= 15 is 4.39 Å². The second-order valence-electron chi connectivity index (χ2n) is 7.49. The first-order valence-electron chi connectivity index (χ1n) is 9.17. The molecule has 2 aliphatic rings. The van der Waals surface area contributed by atoms with Crippen molar-refractivity contribution in [2.45, 2.75) is 25.4 Å². The lowest BCUT2D eigenvalue weighted by Gasteiger charge is -2.31. The third kappa shape index (κ3) is 2.72. The van der Waals surface area contributed by atoms with Gasteiger partial charge in [0.05, 0.1) is 11.6 Å². The zero-order valence-electron chi connectivity index (χ0n) is 15.3. The average molecular weight is 393 g/mol. The van der Waals surface area contributed by atoms with Crippen molar-refractivity contribution in [1.82, 2.24) is 4.57 Å². The normalized spacial score (nSPS) is 22.4. The molecule has 9 heteroatoms. The van der Waals surface area contributed by atoms with Gasteiger partial charge in [-0.15, -0.1) is 0 Å². The SMILES string of the molecule is C[C@H]1COc2c(N3CC[C@@H]([C@@H](N)CF)C3)c(F)cc3cc(C(=O)O)c(=O)n1c23. The van der Waals surface area contributed by atoms with E-state index in [2.05, 4.69) is 0 Å². The summed E-state index contributed by atoms with van der Waals surface area (Å²) in [6.07, 6.45) is 0.628. The first kappa shape index (κ1) is 18.7. The molecule has 0 bridgehead atoms. The van der Waals surface area contributed by atoms with Crippen LogP contribution in [0.25, 0.3) is 10.9 Å². The number of carboxylic acids is 1. The fourth-order valence-corrected chi connectivity index (χ4v) is 4.18. The lowest BCUT2D eigenvalue weighted by atomic mass is 10.0. The monoisotopic (exact) mass is 393 g/mol. The number of benzene rings is 1. The zero-order valence-corrected chi connectivity index (χ0v) is 15.3. The summed E-state index contributed by atoms with van der Waals surface area (Å²) in [5.41, 5.74) is 5.35. The highest BCUT2D eigenvalue weighted by molar-refractivity contribution is 5.97. The lowest BCUT2D eigenvalue weighted by Crippen LogP contribution is -2.36. The van der Waals surface area contributed by atoms with Crippen molar-refractivity contribution in [3.05, 3.63) is 33.9 Å². The molecule has 2 aliphatic heterocycles. The number of carboxylic acid groups (broad SMARTS) is 1. The predicted octanol–water partition coefficient (Wildman–Crippen LogP) is 1.92. The molecule has 4 rings (SSSR count). The Labute approximate surface area is 159 Å². The van der Waals surface area contributed by atoms with Crippen LogP contribution in [0.4, 0.5) is 14.5 Å². The first-order valence-corrected chi connectivity index (χ1v) is 9.17. The molecule has 1 fully saturated rings. The third-order valence-electron chi connectivity index (χ3n) is 5.67. The molecule has 150 valence electrons. The number of alkyl halides is 1. The summed E-state index contributed by atoms with van der Waals surface area (Å²) in [6.45, 7) is 2.09. The van der Waals surface area contributed by atoms with E-state index in [1.807, 2.05) is 0 Å². The van der Waals surface area contributed by atoms with Crippen LogP contribution in [0, 0.1) is 11.7 Å². The summed E-state index contributed by atoms with van der Waals surface area (Å²) in [7, 11) is 0. The fraction of sp³-hybridized carbons (Fsp3) is 0.474. The highest BCUT2D eigenvalue weighted by atomic mass is 19.1. The van der Waals surface area contributed by atoms with Gasteiger partial charge in [-0.3, -0.25) is 9.36 Å². The minimum atomic E-state index is -1.36. The number of hydrogen-bond donors (Lipinski definition) is 2. The molecule has 28 heavy (non-hydrogen) atoms. The quantitative estimate of drug-likeness (QED) is 0.824. The predicted molar refractivity (Wildman–Crippen MR) is 99.6 cm³/mol. The van der Waals surface area contributed by atoms with E-state index in [1.165, 1.54) is 16.7 Å². The summed E-state index contributed by atoms with van der Waals surface area (Å²) < 4.78 is 35.2. The van der Waals surface area contributed by atoms with Crippen LogP contribution in [0.15, 0.2) is 16.9 Å². The molecular weight excluding hydrogens is 372 g/mol. The molecule has 0 unspecified atom stereocenters. The standard InChI is InChI=1S/C19H21F2N3O4/c1-9-8-28-17-15-11(4-12(19(26)27)18(25)24(9)15)5-13(21)16(17)23-3-2-10(7-23)14(22)6-20/h4-5,9-10,14H,2-3,6-8,22H2,1H3,(H,26,27)/t9-,10+,14-/m0/s1. The summed E-state index contributed by atoms with van der Waals surface area (Å²) >= 11 is 0. The van der Waals surface area contributed by atoms with Crippen molar-refractivity contribution in [2.24, 2.45) is 11.7 Å². The van der Waals surface area contributed by atoms with Gasteiger partial charge in [-0.1, -0.05) is 0 Å². The van der Waals surface area contributed by atoms with Gasteiger partial charge in [-0.2, -0.15) is 0 Å². The number of nitrogens with zero attached hydrogens (tertiary/aromatic N) is 2. The number of aromatic nitrogens is 1. The Kier molecular flexibility index (Phi) is 4.49. The molecule has 1 aromatic carbocycles. The molecule has 0 aliphatic carbocycles. The van der Waals surface area contributed by atoms with Crippen molar-refractivity contribution in [3.8, 4) is 5.75 Å². The molecule has 7 nitrogen and oxygen atoms in total. The minimum absolute atomic E-state index is 0.105. The van der Waals surface area contributed by atoms with Crippen LogP contribution in [0.5, 0.6) is 5.75 Å². The Morgan fingerprint density at radius 3 is 2.89 bits per heavy atom. The van der Waals surface area contributed by atoms with E-state index in [1.54, 1.807) is 11.8 Å². The van der Waals surface area contributed by atoms with Gasteiger partial charge in [0.15, 0.2) is 11.6 Å². The number of ether oxygens (including phenoxy) is 1. The van der Waals surface area contributed by atoms with Crippen LogP contribution < -0.4 is 20.9 Å². The smallest absolute Gasteiger partial charge is 0.341 e. The molecule has 3 N–H and O–H groups in total. The molecular formula is C19H21F2N3O4. The summed E-state index contributed by atoms with van der Waals surface area (Å²) in [5.74, 6) is -1.82. The molecule has 1 aromatic heterocycles. The van der Waals surface area contributed by atoms with Crippen molar-refractivity contribution >= 4 is 22.6 Å². The van der Waals surface area contributed by atoms with Gasteiger partial charge in [0, 0.05) is 24.5 Å². The molecule has 2 aromatic rings. The topological polar surface area (TPSA) is 97.8 Å². The number of pyridine rings is 1. The van der Waals surface area contributed by atoms with Crippen LogP contribution >= 0.6 is 0 Å². The first-order chi connectivity index (χ1) is 13.3. The maximum absolute atomic E-state index is 15.1. The number of halogens is 2. The van der Waals surface area contributed by atoms with Crippen LogP contribution in [0.1, 0.15) is 29.7 Å². The Bertz CT molecular complexity index is 1020.